The Morgan fingerprint density at radius 3 is 2.63 bits per heavy atom. The van der Waals surface area contributed by atoms with Crippen LogP contribution in [0.5, 0.6) is 5.75 Å². The number of nitrogens with two attached hydrogens (primary N) is 1. The van der Waals surface area contributed by atoms with Crippen LogP contribution in [-0.4, -0.2) is 59.2 Å². The van der Waals surface area contributed by atoms with Crippen molar-refractivity contribution in [3.63, 3.8) is 0 Å². The van der Waals surface area contributed by atoms with Gasteiger partial charge in [0.2, 0.25) is 0 Å². The number of likely N-dealkylation sites (tertiary alicyclic amines) is 1. The molecule has 0 aliphatic carbocycles. The van der Waals surface area contributed by atoms with E-state index in [4.69, 9.17) is 10.5 Å². The lowest BCUT2D eigenvalue weighted by Gasteiger charge is -2.41. The van der Waals surface area contributed by atoms with E-state index in [1.165, 1.54) is 0 Å². The van der Waals surface area contributed by atoms with Crippen molar-refractivity contribution in [2.24, 2.45) is 11.1 Å². The molecule has 1 aromatic heterocycles. The number of pyridine rings is 1. The molecule has 10 heteroatoms. The molecule has 2 heterocycles. The van der Waals surface area contributed by atoms with Crippen molar-refractivity contribution < 1.29 is 28.1 Å². The van der Waals surface area contributed by atoms with Crippen molar-refractivity contribution in [3.8, 4) is 5.75 Å². The highest BCUT2D eigenvalue weighted by atomic mass is 32.2. The fourth-order valence-corrected chi connectivity index (χ4v) is 6.15. The number of aromatic nitrogens is 1. The number of aliphatic hydroxyl groups excluding tert-OH is 2. The van der Waals surface area contributed by atoms with Crippen LogP contribution in [0.15, 0.2) is 41.4 Å². The van der Waals surface area contributed by atoms with E-state index in [2.05, 4.69) is 9.88 Å². The molecule has 4 rings (SSSR count). The average Bonchev–Trinajstić information content (AvgIpc) is 2.94. The molecule has 0 bridgehead atoms. The number of fused-ring (bicyclic) bond motifs is 1. The number of ether oxygens (including phenoxy) is 1. The lowest BCUT2D eigenvalue weighted by molar-refractivity contribution is 0.0253. The topological polar surface area (TPSA) is 91.8 Å². The van der Waals surface area contributed by atoms with E-state index in [0.717, 1.165) is 65.8 Å². The maximum absolute atomic E-state index is 13.9. The van der Waals surface area contributed by atoms with E-state index >= 15 is 0 Å². The molecule has 0 spiro atoms. The monoisotopic (exact) mass is 549 g/mol. The number of methoxy groups -OCH3 is 1. The Bertz CT molecular complexity index is 1250. The number of benzene rings is 2. The number of thioether (sulfide) groups is 1. The Morgan fingerprint density at radius 2 is 1.95 bits per heavy atom. The average molecular weight is 550 g/mol. The quantitative estimate of drug-likeness (QED) is 0.234. The molecule has 38 heavy (non-hydrogen) atoms. The first-order chi connectivity index (χ1) is 18.3. The molecule has 1 aliphatic heterocycles. The molecule has 0 saturated carbocycles. The van der Waals surface area contributed by atoms with Gasteiger partial charge >= 0.3 is 0 Å². The van der Waals surface area contributed by atoms with Crippen LogP contribution in [0.3, 0.4) is 0 Å². The maximum Gasteiger partial charge on any atom is 0.172 e. The third-order valence-electron chi connectivity index (χ3n) is 7.58. The zero-order valence-electron chi connectivity index (χ0n) is 21.4. The molecule has 1 fully saturated rings. The fourth-order valence-electron chi connectivity index (χ4n) is 5.16. The largest absolute Gasteiger partial charge is 0.497 e. The summed E-state index contributed by atoms with van der Waals surface area (Å²) in [6, 6.07) is 7.10. The van der Waals surface area contributed by atoms with Crippen LogP contribution in [0, 0.1) is 22.9 Å². The molecule has 206 valence electrons. The van der Waals surface area contributed by atoms with Gasteiger partial charge in [-0.1, -0.05) is 0 Å². The maximum atomic E-state index is 13.9. The highest BCUT2D eigenvalue weighted by Crippen LogP contribution is 2.40. The van der Waals surface area contributed by atoms with Crippen molar-refractivity contribution in [1.29, 1.82) is 0 Å². The first-order valence-corrected chi connectivity index (χ1v) is 13.7. The van der Waals surface area contributed by atoms with Gasteiger partial charge in [-0.2, -0.15) is 0 Å². The van der Waals surface area contributed by atoms with Crippen molar-refractivity contribution in [2.45, 2.75) is 43.2 Å². The van der Waals surface area contributed by atoms with Gasteiger partial charge in [-0.05, 0) is 79.6 Å². The van der Waals surface area contributed by atoms with E-state index in [0.29, 0.717) is 37.0 Å². The number of nitrogens with zero attached hydrogens (tertiary/aromatic N) is 2. The molecule has 4 N–H and O–H groups in total. The number of halogens is 3. The number of hydrogen-bond donors (Lipinski definition) is 3. The summed E-state index contributed by atoms with van der Waals surface area (Å²) in [7, 11) is 1.59. The number of hydrogen-bond acceptors (Lipinski definition) is 7. The second-order valence-electron chi connectivity index (χ2n) is 9.89. The van der Waals surface area contributed by atoms with Gasteiger partial charge in [0.05, 0.1) is 18.7 Å². The molecule has 1 unspecified atom stereocenters. The van der Waals surface area contributed by atoms with Gasteiger partial charge in [-0.3, -0.25) is 4.98 Å². The van der Waals surface area contributed by atoms with Gasteiger partial charge in [-0.25, -0.2) is 13.2 Å². The standard InChI is InChI=1S/C28H34F3N3O3S/c1-37-20-2-3-23-21(14-20)26(18(15-32)16-33-23)24(36)4-5-28(17-35)6-8-34(9-7-28)10-11-38-25-13-19(29)12-22(30)27(25)31/h2-3,12-14,16,24,35-36H,4-11,15,17,32H2,1H3. The Morgan fingerprint density at radius 1 is 1.18 bits per heavy atom. The van der Waals surface area contributed by atoms with Crippen molar-refractivity contribution in [3.05, 3.63) is 65.1 Å². The van der Waals surface area contributed by atoms with Crippen LogP contribution in [0.4, 0.5) is 13.2 Å². The Kier molecular flexibility index (Phi) is 9.54. The minimum absolute atomic E-state index is 0.0186. The van der Waals surface area contributed by atoms with Crippen molar-refractivity contribution >= 4 is 22.7 Å². The molecule has 1 atom stereocenters. The van der Waals surface area contributed by atoms with Crippen LogP contribution in [-0.2, 0) is 6.54 Å². The fraction of sp³-hybridized carbons (Fsp3) is 0.464. The van der Waals surface area contributed by atoms with Gasteiger partial charge in [0.25, 0.3) is 0 Å². The molecular weight excluding hydrogens is 515 g/mol. The smallest absolute Gasteiger partial charge is 0.172 e. The first kappa shape index (κ1) is 28.6. The third kappa shape index (κ3) is 6.43. The second-order valence-corrected chi connectivity index (χ2v) is 11.0. The molecule has 3 aromatic rings. The van der Waals surface area contributed by atoms with Gasteiger partial charge in [-0.15, -0.1) is 11.8 Å². The Labute approximate surface area is 225 Å². The molecule has 6 nitrogen and oxygen atoms in total. The predicted molar refractivity (Wildman–Crippen MR) is 143 cm³/mol. The molecule has 2 aromatic carbocycles. The zero-order valence-corrected chi connectivity index (χ0v) is 22.2. The summed E-state index contributed by atoms with van der Waals surface area (Å²) in [5, 5.41) is 22.4. The first-order valence-electron chi connectivity index (χ1n) is 12.7. The second kappa shape index (κ2) is 12.7. The number of aliphatic hydroxyl groups is 2. The van der Waals surface area contributed by atoms with Crippen LogP contribution in [0.2, 0.25) is 0 Å². The van der Waals surface area contributed by atoms with Crippen molar-refractivity contribution in [1.82, 2.24) is 9.88 Å². The van der Waals surface area contributed by atoms with E-state index in [-0.39, 0.29) is 23.5 Å². The minimum atomic E-state index is -1.18. The Hall–Kier alpha value is -2.37. The minimum Gasteiger partial charge on any atom is -0.497 e. The molecular formula is C28H34F3N3O3S. The van der Waals surface area contributed by atoms with E-state index < -0.39 is 23.6 Å². The summed E-state index contributed by atoms with van der Waals surface area (Å²) in [5.41, 5.74) is 7.93. The lowest BCUT2D eigenvalue weighted by Crippen LogP contribution is -2.43. The summed E-state index contributed by atoms with van der Waals surface area (Å²) in [4.78, 5) is 6.64. The molecule has 1 saturated heterocycles. The van der Waals surface area contributed by atoms with E-state index in [1.807, 2.05) is 18.2 Å². The van der Waals surface area contributed by atoms with E-state index in [1.54, 1.807) is 13.3 Å². The Balaban J connectivity index is 1.35. The summed E-state index contributed by atoms with van der Waals surface area (Å²) in [5.74, 6) is -1.84. The van der Waals surface area contributed by atoms with Gasteiger partial charge in [0.1, 0.15) is 11.6 Å². The zero-order chi connectivity index (χ0) is 27.3. The molecule has 0 amide bonds. The normalized spacial score (nSPS) is 16.6. The lowest BCUT2D eigenvalue weighted by atomic mass is 9.74. The van der Waals surface area contributed by atoms with Crippen molar-refractivity contribution in [2.75, 3.05) is 39.1 Å². The number of piperidine rings is 1. The van der Waals surface area contributed by atoms with Crippen LogP contribution >= 0.6 is 11.8 Å². The summed E-state index contributed by atoms with van der Waals surface area (Å²) >= 11 is 1.09. The predicted octanol–water partition coefficient (Wildman–Crippen LogP) is 4.80. The van der Waals surface area contributed by atoms with Gasteiger partial charge in [0.15, 0.2) is 11.6 Å². The van der Waals surface area contributed by atoms with Crippen LogP contribution in [0.25, 0.3) is 10.9 Å². The van der Waals surface area contributed by atoms with E-state index in [9.17, 15) is 23.4 Å². The third-order valence-corrected chi connectivity index (χ3v) is 8.57. The molecule has 1 aliphatic rings. The van der Waals surface area contributed by atoms with Crippen LogP contribution in [0.1, 0.15) is 42.9 Å². The molecule has 0 radical (unpaired) electrons. The summed E-state index contributed by atoms with van der Waals surface area (Å²) < 4.78 is 46.1. The van der Waals surface area contributed by atoms with Gasteiger partial charge < -0.3 is 25.6 Å². The highest BCUT2D eigenvalue weighted by Gasteiger charge is 2.34. The number of rotatable bonds is 11. The highest BCUT2D eigenvalue weighted by molar-refractivity contribution is 7.99. The van der Waals surface area contributed by atoms with Crippen LogP contribution < -0.4 is 10.5 Å². The SMILES string of the molecule is COc1ccc2ncc(CN)c(C(O)CCC3(CO)CCN(CCSc4cc(F)cc(F)c4F)CC3)c2c1. The van der Waals surface area contributed by atoms with Gasteiger partial charge in [0, 0.05) is 48.0 Å². The summed E-state index contributed by atoms with van der Waals surface area (Å²) in [6.45, 7) is 2.37. The summed E-state index contributed by atoms with van der Waals surface area (Å²) in [6.07, 6.45) is 3.53.